The van der Waals surface area contributed by atoms with Crippen LogP contribution in [-0.4, -0.2) is 26.3 Å². The number of thioether (sulfide) groups is 1. The third-order valence-electron chi connectivity index (χ3n) is 3.84. The third-order valence-corrected chi connectivity index (χ3v) is 4.86. The molecule has 1 fully saturated rings. The minimum atomic E-state index is 0.150. The first-order valence-corrected chi connectivity index (χ1v) is 8.17. The van der Waals surface area contributed by atoms with Gasteiger partial charge in [0.2, 0.25) is 0 Å². The fourth-order valence-electron chi connectivity index (χ4n) is 2.39. The number of benzene rings is 1. The topological polar surface area (TPSA) is 47.8 Å². The minimum Gasteiger partial charge on any atom is -0.309 e. The van der Waals surface area contributed by atoms with Gasteiger partial charge in [-0.05, 0) is 38.3 Å². The van der Waals surface area contributed by atoms with E-state index >= 15 is 0 Å². The van der Waals surface area contributed by atoms with E-state index in [4.69, 9.17) is 0 Å². The lowest BCUT2D eigenvalue weighted by molar-refractivity contribution is 0.102. The van der Waals surface area contributed by atoms with Gasteiger partial charge in [-0.15, -0.1) is 10.2 Å². The van der Waals surface area contributed by atoms with Crippen LogP contribution in [0.3, 0.4) is 0 Å². The van der Waals surface area contributed by atoms with E-state index < -0.39 is 0 Å². The SMILES string of the molecule is Cc1ccc(C)c(C(=O)CSc2nnc(C3CC3)n2C)c1. The van der Waals surface area contributed by atoms with Crippen molar-refractivity contribution in [3.8, 4) is 0 Å². The zero-order valence-electron chi connectivity index (χ0n) is 12.6. The molecule has 2 aromatic rings. The van der Waals surface area contributed by atoms with Gasteiger partial charge >= 0.3 is 0 Å². The molecule has 21 heavy (non-hydrogen) atoms. The van der Waals surface area contributed by atoms with Crippen molar-refractivity contribution >= 4 is 17.5 Å². The van der Waals surface area contributed by atoms with Gasteiger partial charge in [0, 0.05) is 18.5 Å². The van der Waals surface area contributed by atoms with Crippen molar-refractivity contribution in [3.05, 3.63) is 40.7 Å². The van der Waals surface area contributed by atoms with Gasteiger partial charge in [-0.1, -0.05) is 29.5 Å². The molecule has 4 nitrogen and oxygen atoms in total. The highest BCUT2D eigenvalue weighted by molar-refractivity contribution is 7.99. The van der Waals surface area contributed by atoms with Crippen LogP contribution in [-0.2, 0) is 7.05 Å². The van der Waals surface area contributed by atoms with Gasteiger partial charge < -0.3 is 4.57 Å². The Hall–Kier alpha value is -1.62. The molecule has 1 aromatic carbocycles. The summed E-state index contributed by atoms with van der Waals surface area (Å²) in [6.07, 6.45) is 2.41. The highest BCUT2D eigenvalue weighted by Crippen LogP contribution is 2.39. The first-order valence-electron chi connectivity index (χ1n) is 7.19. The maximum atomic E-state index is 12.4. The van der Waals surface area contributed by atoms with Crippen LogP contribution in [0.5, 0.6) is 0 Å². The van der Waals surface area contributed by atoms with Crippen molar-refractivity contribution < 1.29 is 4.79 Å². The lowest BCUT2D eigenvalue weighted by Crippen LogP contribution is -2.06. The van der Waals surface area contributed by atoms with E-state index in [-0.39, 0.29) is 5.78 Å². The first kappa shape index (κ1) is 14.3. The van der Waals surface area contributed by atoms with Crippen molar-refractivity contribution in [1.29, 1.82) is 0 Å². The summed E-state index contributed by atoms with van der Waals surface area (Å²) in [4.78, 5) is 12.4. The zero-order valence-corrected chi connectivity index (χ0v) is 13.4. The lowest BCUT2D eigenvalue weighted by Gasteiger charge is -2.06. The van der Waals surface area contributed by atoms with Crippen LogP contribution in [0, 0.1) is 13.8 Å². The Morgan fingerprint density at radius 2 is 2.10 bits per heavy atom. The number of nitrogens with zero attached hydrogens (tertiary/aromatic N) is 3. The largest absolute Gasteiger partial charge is 0.309 e. The molecule has 3 rings (SSSR count). The van der Waals surface area contributed by atoms with E-state index in [1.807, 2.05) is 43.7 Å². The summed E-state index contributed by atoms with van der Waals surface area (Å²) < 4.78 is 2.03. The number of aromatic nitrogens is 3. The number of Topliss-reactive ketones (excluding diaryl/α,β-unsaturated/α-hetero) is 1. The van der Waals surface area contributed by atoms with Crippen LogP contribution >= 0.6 is 11.8 Å². The number of rotatable bonds is 5. The summed E-state index contributed by atoms with van der Waals surface area (Å²) in [6.45, 7) is 3.98. The number of aryl methyl sites for hydroxylation is 2. The van der Waals surface area contributed by atoms with Crippen molar-refractivity contribution in [1.82, 2.24) is 14.8 Å². The van der Waals surface area contributed by atoms with Crippen molar-refractivity contribution in [2.75, 3.05) is 5.75 Å². The van der Waals surface area contributed by atoms with Crippen LogP contribution in [0.4, 0.5) is 0 Å². The van der Waals surface area contributed by atoms with E-state index in [0.29, 0.717) is 11.7 Å². The Morgan fingerprint density at radius 3 is 2.81 bits per heavy atom. The second-order valence-corrected chi connectivity index (χ2v) is 6.65. The molecule has 0 atom stereocenters. The highest BCUT2D eigenvalue weighted by atomic mass is 32.2. The second kappa shape index (κ2) is 5.64. The summed E-state index contributed by atoms with van der Waals surface area (Å²) in [7, 11) is 1.98. The molecule has 0 radical (unpaired) electrons. The number of carbonyl (C=O) groups excluding carboxylic acids is 1. The fraction of sp³-hybridized carbons (Fsp3) is 0.438. The maximum Gasteiger partial charge on any atom is 0.191 e. The Kier molecular flexibility index (Phi) is 3.85. The monoisotopic (exact) mass is 301 g/mol. The summed E-state index contributed by atoms with van der Waals surface area (Å²) in [6, 6.07) is 6.00. The Morgan fingerprint density at radius 1 is 1.33 bits per heavy atom. The van der Waals surface area contributed by atoms with Crippen molar-refractivity contribution in [2.24, 2.45) is 7.05 Å². The highest BCUT2D eigenvalue weighted by Gasteiger charge is 2.29. The zero-order chi connectivity index (χ0) is 15.0. The number of carbonyl (C=O) groups is 1. The average Bonchev–Trinajstić information content (AvgIpc) is 3.23. The summed E-state index contributed by atoms with van der Waals surface area (Å²) in [5.74, 6) is 2.18. The molecule has 1 heterocycles. The molecule has 0 bridgehead atoms. The minimum absolute atomic E-state index is 0.150. The van der Waals surface area contributed by atoms with Crippen molar-refractivity contribution in [3.63, 3.8) is 0 Å². The van der Waals surface area contributed by atoms with Crippen LogP contribution in [0.15, 0.2) is 23.4 Å². The molecule has 1 saturated carbocycles. The standard InChI is InChI=1S/C16H19N3OS/c1-10-4-5-11(2)13(8-10)14(20)9-21-16-18-17-15(19(16)3)12-6-7-12/h4-5,8,12H,6-7,9H2,1-3H3. The van der Waals surface area contributed by atoms with E-state index in [1.165, 1.54) is 24.6 Å². The second-order valence-electron chi connectivity index (χ2n) is 5.70. The summed E-state index contributed by atoms with van der Waals surface area (Å²) >= 11 is 1.47. The normalized spacial score (nSPS) is 14.4. The van der Waals surface area contributed by atoms with Crippen LogP contribution in [0.2, 0.25) is 0 Å². The smallest absolute Gasteiger partial charge is 0.191 e. The average molecular weight is 301 g/mol. The summed E-state index contributed by atoms with van der Waals surface area (Å²) in [5.41, 5.74) is 2.96. The van der Waals surface area contributed by atoms with Gasteiger partial charge in [0.15, 0.2) is 10.9 Å². The Labute approximate surface area is 129 Å². The molecule has 0 amide bonds. The maximum absolute atomic E-state index is 12.4. The van der Waals surface area contributed by atoms with Gasteiger partial charge in [-0.25, -0.2) is 0 Å². The van der Waals surface area contributed by atoms with Gasteiger partial charge in [0.25, 0.3) is 0 Å². The molecule has 1 aliphatic carbocycles. The molecular formula is C16H19N3OS. The van der Waals surface area contributed by atoms with Gasteiger partial charge in [0.05, 0.1) is 5.75 Å². The molecule has 0 spiro atoms. The Bertz CT molecular complexity index is 689. The number of hydrogen-bond donors (Lipinski definition) is 0. The molecule has 110 valence electrons. The molecule has 0 N–H and O–H groups in total. The fourth-order valence-corrected chi connectivity index (χ4v) is 3.19. The molecule has 1 aromatic heterocycles. The van der Waals surface area contributed by atoms with Crippen LogP contribution in [0.1, 0.15) is 46.1 Å². The van der Waals surface area contributed by atoms with Gasteiger partial charge in [-0.2, -0.15) is 0 Å². The molecule has 0 unspecified atom stereocenters. The lowest BCUT2D eigenvalue weighted by atomic mass is 10.0. The predicted octanol–water partition coefficient (Wildman–Crippen LogP) is 3.28. The Balaban J connectivity index is 1.69. The van der Waals surface area contributed by atoms with Crippen LogP contribution < -0.4 is 0 Å². The predicted molar refractivity (Wildman–Crippen MR) is 83.9 cm³/mol. The van der Waals surface area contributed by atoms with Crippen LogP contribution in [0.25, 0.3) is 0 Å². The third kappa shape index (κ3) is 3.02. The van der Waals surface area contributed by atoms with E-state index in [2.05, 4.69) is 10.2 Å². The van der Waals surface area contributed by atoms with E-state index in [9.17, 15) is 4.79 Å². The molecule has 5 heteroatoms. The van der Waals surface area contributed by atoms with E-state index in [0.717, 1.165) is 27.7 Å². The number of hydrogen-bond acceptors (Lipinski definition) is 4. The molecule has 1 aliphatic rings. The quantitative estimate of drug-likeness (QED) is 0.628. The number of ketones is 1. The molecule has 0 saturated heterocycles. The van der Waals surface area contributed by atoms with Gasteiger partial charge in [0.1, 0.15) is 5.82 Å². The first-order chi connectivity index (χ1) is 10.1. The van der Waals surface area contributed by atoms with Crippen molar-refractivity contribution in [2.45, 2.75) is 37.8 Å². The van der Waals surface area contributed by atoms with E-state index in [1.54, 1.807) is 0 Å². The molecule has 0 aliphatic heterocycles. The summed E-state index contributed by atoms with van der Waals surface area (Å²) in [5, 5.41) is 9.28. The van der Waals surface area contributed by atoms with Gasteiger partial charge in [-0.3, -0.25) is 4.79 Å². The molecular weight excluding hydrogens is 282 g/mol.